The van der Waals surface area contributed by atoms with Crippen molar-refractivity contribution in [3.8, 4) is 0 Å². The smallest absolute Gasteiger partial charge is 0.179 e. The summed E-state index contributed by atoms with van der Waals surface area (Å²) in [5, 5.41) is 8.45. The molecule has 0 radical (unpaired) electrons. The summed E-state index contributed by atoms with van der Waals surface area (Å²) in [6.07, 6.45) is 6.53. The van der Waals surface area contributed by atoms with Crippen molar-refractivity contribution in [2.75, 3.05) is 18.9 Å². The van der Waals surface area contributed by atoms with E-state index in [0.717, 1.165) is 58.9 Å². The van der Waals surface area contributed by atoms with Crippen molar-refractivity contribution >= 4 is 28.0 Å². The third kappa shape index (κ3) is 3.44. The van der Waals surface area contributed by atoms with Gasteiger partial charge in [0.2, 0.25) is 0 Å². The van der Waals surface area contributed by atoms with Gasteiger partial charge in [0.25, 0.3) is 0 Å². The van der Waals surface area contributed by atoms with Gasteiger partial charge >= 0.3 is 0 Å². The summed E-state index contributed by atoms with van der Waals surface area (Å²) < 4.78 is 2.14. The van der Waals surface area contributed by atoms with Crippen LogP contribution < -0.4 is 5.32 Å². The SMILES string of the molecule is CC1CC(n2nc(NCc3nc4ccccc4[nH]3)c3ncc(C4CC4)nc32)CCN1C. The Bertz CT molecular complexity index is 1200. The Morgan fingerprint density at radius 2 is 2.03 bits per heavy atom. The number of aromatic nitrogens is 6. The van der Waals surface area contributed by atoms with Crippen LogP contribution in [0.4, 0.5) is 5.82 Å². The van der Waals surface area contributed by atoms with E-state index in [4.69, 9.17) is 15.1 Å². The van der Waals surface area contributed by atoms with Crippen molar-refractivity contribution in [1.82, 2.24) is 34.6 Å². The number of nitrogens with zero attached hydrogens (tertiary/aromatic N) is 6. The number of aromatic amines is 1. The molecule has 0 bridgehead atoms. The number of hydrogen-bond donors (Lipinski definition) is 2. The molecule has 2 N–H and O–H groups in total. The van der Waals surface area contributed by atoms with Gasteiger partial charge in [-0.1, -0.05) is 12.1 Å². The molecule has 4 heterocycles. The lowest BCUT2D eigenvalue weighted by atomic mass is 9.99. The first kappa shape index (κ1) is 18.7. The minimum atomic E-state index is 0.346. The number of hydrogen-bond acceptors (Lipinski definition) is 6. The molecule has 2 unspecified atom stereocenters. The zero-order valence-electron chi connectivity index (χ0n) is 18.0. The predicted molar refractivity (Wildman–Crippen MR) is 121 cm³/mol. The van der Waals surface area contributed by atoms with Gasteiger partial charge in [-0.2, -0.15) is 5.10 Å². The van der Waals surface area contributed by atoms with Crippen molar-refractivity contribution in [3.63, 3.8) is 0 Å². The topological polar surface area (TPSA) is 87.5 Å². The van der Waals surface area contributed by atoms with E-state index in [9.17, 15) is 0 Å². The highest BCUT2D eigenvalue weighted by atomic mass is 15.4. The Labute approximate surface area is 181 Å². The van der Waals surface area contributed by atoms with Crippen LogP contribution in [0.25, 0.3) is 22.2 Å². The van der Waals surface area contributed by atoms with Gasteiger partial charge in [0, 0.05) is 24.7 Å². The van der Waals surface area contributed by atoms with Crippen LogP contribution in [0, 0.1) is 0 Å². The van der Waals surface area contributed by atoms with E-state index in [2.05, 4.69) is 38.8 Å². The molecule has 3 aromatic heterocycles. The van der Waals surface area contributed by atoms with E-state index >= 15 is 0 Å². The molecule has 0 amide bonds. The third-order valence-electron chi connectivity index (χ3n) is 6.81. The van der Waals surface area contributed by atoms with E-state index in [0.29, 0.717) is 24.5 Å². The first-order valence-corrected chi connectivity index (χ1v) is 11.3. The van der Waals surface area contributed by atoms with Crippen molar-refractivity contribution in [2.24, 2.45) is 0 Å². The lowest BCUT2D eigenvalue weighted by Crippen LogP contribution is -2.38. The highest BCUT2D eigenvalue weighted by Gasteiger charge is 2.30. The minimum absolute atomic E-state index is 0.346. The second kappa shape index (κ2) is 7.30. The second-order valence-corrected chi connectivity index (χ2v) is 9.10. The average Bonchev–Trinajstić information content (AvgIpc) is 3.45. The molecule has 1 aliphatic carbocycles. The maximum Gasteiger partial charge on any atom is 0.179 e. The molecular formula is C23H28N8. The van der Waals surface area contributed by atoms with Crippen LogP contribution in [0.1, 0.15) is 56.1 Å². The Morgan fingerprint density at radius 3 is 2.84 bits per heavy atom. The number of fused-ring (bicyclic) bond motifs is 2. The largest absolute Gasteiger partial charge is 0.360 e. The first-order valence-electron chi connectivity index (χ1n) is 11.3. The Hall–Kier alpha value is -3.00. The molecule has 1 saturated heterocycles. The fourth-order valence-electron chi connectivity index (χ4n) is 4.61. The van der Waals surface area contributed by atoms with Gasteiger partial charge in [-0.25, -0.2) is 19.6 Å². The number of rotatable bonds is 5. The zero-order chi connectivity index (χ0) is 20.9. The predicted octanol–water partition coefficient (Wildman–Crippen LogP) is 3.85. The van der Waals surface area contributed by atoms with Gasteiger partial charge in [0.1, 0.15) is 5.82 Å². The number of benzene rings is 1. The van der Waals surface area contributed by atoms with Crippen molar-refractivity contribution in [3.05, 3.63) is 42.0 Å². The van der Waals surface area contributed by atoms with Crippen LogP contribution in [-0.2, 0) is 6.54 Å². The number of nitrogens with one attached hydrogen (secondary N) is 2. The molecule has 160 valence electrons. The van der Waals surface area contributed by atoms with Crippen molar-refractivity contribution in [2.45, 2.75) is 57.2 Å². The lowest BCUT2D eigenvalue weighted by molar-refractivity contribution is 0.153. The number of para-hydroxylation sites is 2. The summed E-state index contributed by atoms with van der Waals surface area (Å²) in [4.78, 5) is 20.3. The highest BCUT2D eigenvalue weighted by molar-refractivity contribution is 5.83. The summed E-state index contributed by atoms with van der Waals surface area (Å²) in [5.41, 5.74) is 4.90. The van der Waals surface area contributed by atoms with Crippen LogP contribution in [0.15, 0.2) is 30.5 Å². The van der Waals surface area contributed by atoms with Gasteiger partial charge in [-0.15, -0.1) is 0 Å². The fourth-order valence-corrected chi connectivity index (χ4v) is 4.61. The molecule has 4 aromatic rings. The molecule has 8 heteroatoms. The second-order valence-electron chi connectivity index (χ2n) is 9.10. The first-order chi connectivity index (χ1) is 15.2. The summed E-state index contributed by atoms with van der Waals surface area (Å²) in [6, 6.07) is 8.96. The summed E-state index contributed by atoms with van der Waals surface area (Å²) in [6.45, 7) is 3.93. The van der Waals surface area contributed by atoms with Crippen molar-refractivity contribution < 1.29 is 0 Å². The normalized spacial score (nSPS) is 22.4. The molecular weight excluding hydrogens is 388 g/mol. The summed E-state index contributed by atoms with van der Waals surface area (Å²) in [7, 11) is 2.20. The van der Waals surface area contributed by atoms with E-state index < -0.39 is 0 Å². The van der Waals surface area contributed by atoms with Gasteiger partial charge < -0.3 is 15.2 Å². The van der Waals surface area contributed by atoms with Crippen LogP contribution >= 0.6 is 0 Å². The highest BCUT2D eigenvalue weighted by Crippen LogP contribution is 2.40. The van der Waals surface area contributed by atoms with E-state index in [-0.39, 0.29) is 0 Å². The Kier molecular flexibility index (Phi) is 4.41. The van der Waals surface area contributed by atoms with E-state index in [1.807, 2.05) is 30.5 Å². The Morgan fingerprint density at radius 1 is 1.16 bits per heavy atom. The summed E-state index contributed by atoms with van der Waals surface area (Å²) >= 11 is 0. The van der Waals surface area contributed by atoms with E-state index in [1.165, 1.54) is 12.8 Å². The summed E-state index contributed by atoms with van der Waals surface area (Å²) in [5.74, 6) is 2.25. The molecule has 2 aliphatic rings. The maximum atomic E-state index is 5.03. The number of likely N-dealkylation sites (tertiary alicyclic amines) is 1. The number of imidazole rings is 1. The molecule has 1 aromatic carbocycles. The lowest BCUT2D eigenvalue weighted by Gasteiger charge is -2.35. The number of H-pyrrole nitrogens is 1. The molecule has 6 rings (SSSR count). The van der Waals surface area contributed by atoms with Crippen LogP contribution in [-0.4, -0.2) is 54.3 Å². The van der Waals surface area contributed by atoms with E-state index in [1.54, 1.807) is 0 Å². The zero-order valence-corrected chi connectivity index (χ0v) is 18.0. The molecule has 0 spiro atoms. The molecule has 2 atom stereocenters. The number of anilines is 1. The number of piperidine rings is 1. The van der Waals surface area contributed by atoms with Gasteiger partial charge in [-0.3, -0.25) is 0 Å². The average molecular weight is 417 g/mol. The van der Waals surface area contributed by atoms with Gasteiger partial charge in [-0.05, 0) is 51.8 Å². The van der Waals surface area contributed by atoms with Crippen molar-refractivity contribution in [1.29, 1.82) is 0 Å². The molecule has 1 aliphatic heterocycles. The quantitative estimate of drug-likeness (QED) is 0.514. The molecule has 31 heavy (non-hydrogen) atoms. The van der Waals surface area contributed by atoms with Crippen LogP contribution in [0.2, 0.25) is 0 Å². The van der Waals surface area contributed by atoms with Gasteiger partial charge in [0.05, 0.1) is 29.3 Å². The maximum absolute atomic E-state index is 5.03. The Balaban J connectivity index is 1.33. The van der Waals surface area contributed by atoms with Gasteiger partial charge in [0.15, 0.2) is 17.0 Å². The monoisotopic (exact) mass is 416 g/mol. The van der Waals surface area contributed by atoms with Crippen LogP contribution in [0.3, 0.4) is 0 Å². The standard InChI is InChI=1S/C23H28N8/c1-14-11-16(9-10-30(14)2)31-23-21(24-12-19(28-23)15-7-8-15)22(29-31)25-13-20-26-17-5-3-4-6-18(17)27-20/h3-6,12,14-16H,7-11,13H2,1-2H3,(H,25,29)(H,26,27). The van der Waals surface area contributed by atoms with Crippen LogP contribution in [0.5, 0.6) is 0 Å². The molecule has 8 nitrogen and oxygen atoms in total. The molecule has 2 fully saturated rings. The minimum Gasteiger partial charge on any atom is -0.360 e. The molecule has 1 saturated carbocycles. The fraction of sp³-hybridized carbons (Fsp3) is 0.478. The third-order valence-corrected chi connectivity index (χ3v) is 6.81.